The van der Waals surface area contributed by atoms with Crippen LogP contribution in [0.5, 0.6) is 5.75 Å². The van der Waals surface area contributed by atoms with Crippen LogP contribution in [0.2, 0.25) is 10.2 Å². The van der Waals surface area contributed by atoms with Crippen LogP contribution in [0.15, 0.2) is 52.3 Å². The molecule has 2 aliphatic rings. The maximum Gasteiger partial charge on any atom is 0.387 e. The van der Waals surface area contributed by atoms with E-state index in [4.69, 9.17) is 23.2 Å². The molecule has 214 valence electrons. The maximum absolute atomic E-state index is 13.7. The normalized spacial score (nSPS) is 17.2. The Bertz CT molecular complexity index is 1640. The first-order chi connectivity index (χ1) is 19.5. The molecule has 0 saturated carbocycles. The molecule has 0 saturated heterocycles. The van der Waals surface area contributed by atoms with E-state index in [9.17, 15) is 27.2 Å². The van der Waals surface area contributed by atoms with Gasteiger partial charge in [-0.1, -0.05) is 23.2 Å². The van der Waals surface area contributed by atoms with E-state index in [1.54, 1.807) is 6.92 Å². The lowest BCUT2D eigenvalue weighted by molar-refractivity contribution is -0.0496. The van der Waals surface area contributed by atoms with Gasteiger partial charge in [0.1, 0.15) is 16.5 Å². The highest BCUT2D eigenvalue weighted by atomic mass is 35.5. The van der Waals surface area contributed by atoms with Crippen LogP contribution >= 0.6 is 34.1 Å². The highest BCUT2D eigenvalue weighted by molar-refractivity contribution is 8.44. The summed E-state index contributed by atoms with van der Waals surface area (Å²) >= 11 is 12.2. The number of halogens is 6. The van der Waals surface area contributed by atoms with E-state index in [2.05, 4.69) is 35.3 Å². The van der Waals surface area contributed by atoms with Crippen molar-refractivity contribution < 1.29 is 31.9 Å². The summed E-state index contributed by atoms with van der Waals surface area (Å²) in [5.41, 5.74) is 0.129. The number of amidine groups is 1. The van der Waals surface area contributed by atoms with E-state index in [1.807, 2.05) is 0 Å². The van der Waals surface area contributed by atoms with Gasteiger partial charge in [-0.15, -0.1) is 10.9 Å². The van der Waals surface area contributed by atoms with Gasteiger partial charge in [0.05, 0.1) is 22.5 Å². The molecule has 1 amide bonds. The fraction of sp³-hybridized carbons (Fsp3) is 0.200. The molecule has 5 heterocycles. The predicted molar refractivity (Wildman–Crippen MR) is 146 cm³/mol. The molecule has 3 aromatic rings. The number of aliphatic imine (C=N–C) groups is 1. The summed E-state index contributed by atoms with van der Waals surface area (Å²) in [6.07, 6.45) is -0.696. The van der Waals surface area contributed by atoms with Crippen molar-refractivity contribution in [1.82, 2.24) is 25.6 Å². The second-order valence-electron chi connectivity index (χ2n) is 8.65. The summed E-state index contributed by atoms with van der Waals surface area (Å²) in [6.45, 7) is -0.944. The van der Waals surface area contributed by atoms with Crippen molar-refractivity contribution in [1.29, 1.82) is 0 Å². The fourth-order valence-electron chi connectivity index (χ4n) is 4.21. The molecule has 41 heavy (non-hydrogen) atoms. The number of aryl methyl sites for hydroxylation is 1. The minimum Gasteiger partial charge on any atom is -0.433 e. The zero-order valence-corrected chi connectivity index (χ0v) is 23.2. The van der Waals surface area contributed by atoms with E-state index in [1.165, 1.54) is 18.3 Å². The van der Waals surface area contributed by atoms with Crippen molar-refractivity contribution in [2.24, 2.45) is 4.99 Å². The number of ether oxygens (including phenoxy) is 1. The average Bonchev–Trinajstić information content (AvgIpc) is 3.50. The molecule has 0 aromatic carbocycles. The van der Waals surface area contributed by atoms with E-state index in [0.717, 1.165) is 18.3 Å². The standard InChI is InChI=1S/C25H18Cl2F4N6O3S/c1-10-4-11(12-5-19(27)34-8-17(12)40-24(30)31)13(6-33-10)22(38)37-25-36-16-7-32-9-18(16)41(25)23(39)20-14(26)2-3-15(35-20)21(28)29/h2-6,8,21,24,32,41H,7,9H2,1H3,(H,36,37,38). The molecule has 3 aromatic heterocycles. The number of carbonyl (C=O) groups is 2. The SMILES string of the molecule is Cc1cc(-c2cc(Cl)ncc2OC(F)F)c(C(=O)NC2=NC3=C(CNC3)[SH]2C(=O)c2nc(C(F)F)ccc2Cl)cn1. The molecule has 0 aliphatic carbocycles. The summed E-state index contributed by atoms with van der Waals surface area (Å²) in [7, 11) is -2.02. The van der Waals surface area contributed by atoms with Crippen LogP contribution in [0.4, 0.5) is 17.6 Å². The first kappa shape index (κ1) is 28.9. The van der Waals surface area contributed by atoms with E-state index in [-0.39, 0.29) is 50.0 Å². The van der Waals surface area contributed by atoms with Crippen molar-refractivity contribution in [3.05, 3.63) is 80.1 Å². The Kier molecular flexibility index (Phi) is 8.27. The molecule has 0 spiro atoms. The molecular formula is C25H18Cl2F4N6O3S. The third-order valence-electron chi connectivity index (χ3n) is 5.99. The van der Waals surface area contributed by atoms with Gasteiger partial charge >= 0.3 is 6.61 Å². The van der Waals surface area contributed by atoms with Gasteiger partial charge in [-0.25, -0.2) is 23.7 Å². The Hall–Kier alpha value is -3.59. The Morgan fingerprint density at radius 1 is 1.07 bits per heavy atom. The number of pyridine rings is 3. The summed E-state index contributed by atoms with van der Waals surface area (Å²) < 4.78 is 57.4. The van der Waals surface area contributed by atoms with Gasteiger partial charge in [0, 0.05) is 41.0 Å². The van der Waals surface area contributed by atoms with Gasteiger partial charge in [0.2, 0.25) is 5.12 Å². The van der Waals surface area contributed by atoms with Crippen LogP contribution in [-0.2, 0) is 0 Å². The van der Waals surface area contributed by atoms with E-state index < -0.39 is 40.6 Å². The predicted octanol–water partition coefficient (Wildman–Crippen LogP) is 5.45. The minimum absolute atomic E-state index is 0.00911. The zero-order valence-electron chi connectivity index (χ0n) is 20.8. The van der Waals surface area contributed by atoms with Crippen molar-refractivity contribution in [3.8, 4) is 16.9 Å². The number of hydrogen-bond acceptors (Lipinski definition) is 8. The fourth-order valence-corrected chi connectivity index (χ4v) is 6.79. The number of hydrogen-bond donors (Lipinski definition) is 3. The molecule has 0 fully saturated rings. The summed E-state index contributed by atoms with van der Waals surface area (Å²) in [4.78, 5) is 44.0. The Morgan fingerprint density at radius 3 is 2.59 bits per heavy atom. The molecule has 9 nitrogen and oxygen atoms in total. The number of nitrogens with one attached hydrogen (secondary N) is 2. The molecule has 16 heteroatoms. The van der Waals surface area contributed by atoms with Gasteiger partial charge in [0.25, 0.3) is 12.3 Å². The van der Waals surface area contributed by atoms with Gasteiger partial charge < -0.3 is 15.4 Å². The Labute approximate surface area is 242 Å². The first-order valence-electron chi connectivity index (χ1n) is 11.7. The number of thiol groups is 1. The number of nitrogens with zero attached hydrogens (tertiary/aromatic N) is 4. The van der Waals surface area contributed by atoms with Gasteiger partial charge in [-0.3, -0.25) is 14.6 Å². The highest BCUT2D eigenvalue weighted by Gasteiger charge is 2.38. The number of carbonyl (C=O) groups excluding carboxylic acids is 2. The molecular weight excluding hydrogens is 611 g/mol. The van der Waals surface area contributed by atoms with Crippen molar-refractivity contribution in [2.75, 3.05) is 13.1 Å². The third-order valence-corrected chi connectivity index (χ3v) is 8.71. The minimum atomic E-state index is -3.18. The maximum atomic E-state index is 13.7. The number of alkyl halides is 4. The lowest BCUT2D eigenvalue weighted by atomic mass is 10.0. The van der Waals surface area contributed by atoms with Crippen LogP contribution in [0.3, 0.4) is 0 Å². The zero-order chi connectivity index (χ0) is 29.4. The summed E-state index contributed by atoms with van der Waals surface area (Å²) in [6, 6.07) is 4.92. The van der Waals surface area contributed by atoms with Crippen LogP contribution in [-0.4, -0.2) is 50.8 Å². The van der Waals surface area contributed by atoms with Crippen LogP contribution in [0, 0.1) is 6.92 Å². The molecule has 2 N–H and O–H groups in total. The lowest BCUT2D eigenvalue weighted by Crippen LogP contribution is -2.33. The topological polar surface area (TPSA) is 118 Å². The number of rotatable bonds is 6. The van der Waals surface area contributed by atoms with Crippen LogP contribution < -0.4 is 15.4 Å². The average molecular weight is 629 g/mol. The molecule has 1 unspecified atom stereocenters. The number of amides is 1. The molecule has 0 radical (unpaired) electrons. The summed E-state index contributed by atoms with van der Waals surface area (Å²) in [5, 5.41) is 4.86. The van der Waals surface area contributed by atoms with Crippen LogP contribution in [0.25, 0.3) is 11.1 Å². The second kappa shape index (κ2) is 11.7. The van der Waals surface area contributed by atoms with Gasteiger partial charge in [-0.05, 0) is 31.2 Å². The van der Waals surface area contributed by atoms with Crippen molar-refractivity contribution >= 4 is 50.3 Å². The highest BCUT2D eigenvalue weighted by Crippen LogP contribution is 2.48. The monoisotopic (exact) mass is 628 g/mol. The van der Waals surface area contributed by atoms with E-state index >= 15 is 0 Å². The van der Waals surface area contributed by atoms with Crippen LogP contribution in [0.1, 0.15) is 38.7 Å². The molecule has 0 bridgehead atoms. The molecule has 2 aliphatic heterocycles. The van der Waals surface area contributed by atoms with Crippen molar-refractivity contribution in [3.63, 3.8) is 0 Å². The number of aromatic nitrogens is 3. The van der Waals surface area contributed by atoms with Gasteiger partial charge in [-0.2, -0.15) is 8.78 Å². The summed E-state index contributed by atoms with van der Waals surface area (Å²) in [5.74, 6) is -1.09. The quantitative estimate of drug-likeness (QED) is 0.189. The van der Waals surface area contributed by atoms with Gasteiger partial charge in [0.15, 0.2) is 10.9 Å². The Balaban J connectivity index is 1.52. The molecule has 1 atom stereocenters. The van der Waals surface area contributed by atoms with E-state index in [0.29, 0.717) is 22.8 Å². The second-order valence-corrected chi connectivity index (χ2v) is 11.5. The Morgan fingerprint density at radius 2 is 1.85 bits per heavy atom. The lowest BCUT2D eigenvalue weighted by Gasteiger charge is -2.21. The van der Waals surface area contributed by atoms with Crippen molar-refractivity contribution in [2.45, 2.75) is 20.0 Å². The smallest absolute Gasteiger partial charge is 0.387 e. The molecule has 5 rings (SSSR count). The largest absolute Gasteiger partial charge is 0.433 e. The third kappa shape index (κ3) is 5.91. The first-order valence-corrected chi connectivity index (χ1v) is 13.8.